The number of thiophene rings is 1. The predicted molar refractivity (Wildman–Crippen MR) is 124 cm³/mol. The highest BCUT2D eigenvalue weighted by Crippen LogP contribution is 2.56. The molecular weight excluding hydrogens is 464 g/mol. The van der Waals surface area contributed by atoms with Gasteiger partial charge in [-0.15, -0.1) is 11.3 Å². The lowest BCUT2D eigenvalue weighted by Crippen LogP contribution is -2.48. The van der Waals surface area contributed by atoms with E-state index in [4.69, 9.17) is 9.47 Å². The summed E-state index contributed by atoms with van der Waals surface area (Å²) in [5, 5.41) is 4.97. The van der Waals surface area contributed by atoms with E-state index < -0.39 is 29.3 Å². The molecule has 3 heterocycles. The van der Waals surface area contributed by atoms with Crippen LogP contribution >= 0.6 is 23.1 Å². The van der Waals surface area contributed by atoms with Crippen molar-refractivity contribution in [1.82, 2.24) is 0 Å². The van der Waals surface area contributed by atoms with Gasteiger partial charge in [-0.3, -0.25) is 14.5 Å². The first-order valence-corrected chi connectivity index (χ1v) is 12.5. The zero-order valence-electron chi connectivity index (χ0n) is 17.9. The van der Waals surface area contributed by atoms with Crippen molar-refractivity contribution in [3.05, 3.63) is 40.8 Å². The molecule has 2 aliphatic heterocycles. The summed E-state index contributed by atoms with van der Waals surface area (Å²) in [6, 6.07) is 7.33. The van der Waals surface area contributed by atoms with Gasteiger partial charge in [0, 0.05) is 17.7 Å². The Kier molecular flexibility index (Phi) is 5.65. The first-order valence-electron chi connectivity index (χ1n) is 10.8. The standard InChI is InChI=1S/C23H22N2O6S2/c1-2-30-21(28)19-14(13-7-8-13)12-32-20(19)24-17(26)11-31-22(29)23-10-9-18(27)25(23)15-5-3-4-6-16(15)33-23/h3-6,12-13H,2,7-11H2,1H3,(H,24,26)/t23-/m0/s1. The van der Waals surface area contributed by atoms with Gasteiger partial charge >= 0.3 is 11.9 Å². The molecule has 1 aromatic heterocycles. The Balaban J connectivity index is 1.27. The van der Waals surface area contributed by atoms with Gasteiger partial charge in [0.05, 0.1) is 17.9 Å². The molecule has 2 amide bonds. The fourth-order valence-corrected chi connectivity index (χ4v) is 6.71. The van der Waals surface area contributed by atoms with Crippen molar-refractivity contribution in [2.45, 2.75) is 48.3 Å². The lowest BCUT2D eigenvalue weighted by molar-refractivity contribution is -0.149. The molecule has 1 saturated carbocycles. The number of amides is 2. The first kappa shape index (κ1) is 22.0. The molecule has 2 fully saturated rings. The maximum absolute atomic E-state index is 13.1. The molecule has 172 valence electrons. The molecule has 1 atom stereocenters. The number of ether oxygens (including phenoxy) is 2. The van der Waals surface area contributed by atoms with Crippen LogP contribution in [0.2, 0.25) is 0 Å². The molecule has 5 rings (SSSR count). The van der Waals surface area contributed by atoms with E-state index in [1.807, 2.05) is 23.6 Å². The normalized spacial score (nSPS) is 20.9. The van der Waals surface area contributed by atoms with Gasteiger partial charge in [-0.25, -0.2) is 9.59 Å². The second-order valence-electron chi connectivity index (χ2n) is 8.10. The van der Waals surface area contributed by atoms with Crippen LogP contribution in [0.4, 0.5) is 10.7 Å². The summed E-state index contributed by atoms with van der Waals surface area (Å²) in [5.41, 5.74) is 1.97. The first-order chi connectivity index (χ1) is 15.9. The number of thioether (sulfide) groups is 1. The molecule has 1 N–H and O–H groups in total. The number of hydrogen-bond acceptors (Lipinski definition) is 8. The fourth-order valence-electron chi connectivity index (χ4n) is 4.25. The fraction of sp³-hybridized carbons (Fsp3) is 0.391. The third-order valence-corrected chi connectivity index (χ3v) is 8.27. The minimum absolute atomic E-state index is 0.140. The highest BCUT2D eigenvalue weighted by molar-refractivity contribution is 8.02. The Bertz CT molecular complexity index is 1160. The van der Waals surface area contributed by atoms with Crippen LogP contribution in [0.15, 0.2) is 34.5 Å². The summed E-state index contributed by atoms with van der Waals surface area (Å²) in [6.45, 7) is 1.45. The zero-order chi connectivity index (χ0) is 23.2. The van der Waals surface area contributed by atoms with Crippen molar-refractivity contribution < 1.29 is 28.7 Å². The largest absolute Gasteiger partial charge is 0.462 e. The summed E-state index contributed by atoms with van der Waals surface area (Å²) in [6.07, 6.45) is 2.57. The van der Waals surface area contributed by atoms with Crippen LogP contribution in [0, 0.1) is 0 Å². The number of carbonyl (C=O) groups is 4. The van der Waals surface area contributed by atoms with Crippen LogP contribution < -0.4 is 10.2 Å². The predicted octanol–water partition coefficient (Wildman–Crippen LogP) is 3.91. The Morgan fingerprint density at radius 1 is 1.21 bits per heavy atom. The topological polar surface area (TPSA) is 102 Å². The Morgan fingerprint density at radius 3 is 2.76 bits per heavy atom. The number of anilines is 2. The van der Waals surface area contributed by atoms with E-state index in [0.717, 1.165) is 23.3 Å². The number of nitrogens with one attached hydrogen (secondary N) is 1. The number of fused-ring (bicyclic) bond motifs is 3. The molecule has 10 heteroatoms. The molecule has 33 heavy (non-hydrogen) atoms. The van der Waals surface area contributed by atoms with E-state index >= 15 is 0 Å². The van der Waals surface area contributed by atoms with Crippen LogP contribution in [0.25, 0.3) is 0 Å². The van der Waals surface area contributed by atoms with Gasteiger partial charge in [0.15, 0.2) is 11.5 Å². The summed E-state index contributed by atoms with van der Waals surface area (Å²) < 4.78 is 10.6. The van der Waals surface area contributed by atoms with Crippen LogP contribution in [-0.2, 0) is 23.9 Å². The van der Waals surface area contributed by atoms with E-state index in [-0.39, 0.29) is 18.9 Å². The number of carbonyl (C=O) groups excluding carboxylic acids is 4. The summed E-state index contributed by atoms with van der Waals surface area (Å²) in [4.78, 5) is 51.8. The molecule has 1 aromatic carbocycles. The molecule has 2 aromatic rings. The lowest BCUT2D eigenvalue weighted by atomic mass is 10.1. The Labute approximate surface area is 198 Å². The maximum Gasteiger partial charge on any atom is 0.344 e. The second-order valence-corrected chi connectivity index (χ2v) is 10.3. The van der Waals surface area contributed by atoms with Crippen molar-refractivity contribution >= 4 is 57.5 Å². The number of nitrogens with zero attached hydrogens (tertiary/aromatic N) is 1. The highest BCUT2D eigenvalue weighted by Gasteiger charge is 2.58. The van der Waals surface area contributed by atoms with E-state index in [1.165, 1.54) is 28.0 Å². The van der Waals surface area contributed by atoms with Gasteiger partial charge < -0.3 is 14.8 Å². The lowest BCUT2D eigenvalue weighted by Gasteiger charge is -2.28. The quantitative estimate of drug-likeness (QED) is 0.592. The van der Waals surface area contributed by atoms with E-state index in [0.29, 0.717) is 28.6 Å². The van der Waals surface area contributed by atoms with Gasteiger partial charge in [0.25, 0.3) is 5.91 Å². The molecule has 1 aliphatic carbocycles. The molecule has 0 radical (unpaired) electrons. The van der Waals surface area contributed by atoms with Crippen molar-refractivity contribution in [3.63, 3.8) is 0 Å². The van der Waals surface area contributed by atoms with E-state index in [1.54, 1.807) is 13.0 Å². The summed E-state index contributed by atoms with van der Waals surface area (Å²) in [7, 11) is 0. The van der Waals surface area contributed by atoms with Crippen LogP contribution in [0.5, 0.6) is 0 Å². The number of hydrogen-bond donors (Lipinski definition) is 1. The molecule has 0 spiro atoms. The SMILES string of the molecule is CCOC(=O)c1c(C2CC2)csc1NC(=O)COC(=O)[C@@]12CCC(=O)N1c1ccccc1S2. The summed E-state index contributed by atoms with van der Waals surface area (Å²) >= 11 is 2.55. The number of benzene rings is 1. The van der Waals surface area contributed by atoms with E-state index in [2.05, 4.69) is 5.32 Å². The Hall–Kier alpha value is -2.85. The van der Waals surface area contributed by atoms with Crippen LogP contribution in [0.1, 0.15) is 54.4 Å². The average Bonchev–Trinajstić information content (AvgIpc) is 3.34. The van der Waals surface area contributed by atoms with Gasteiger partial charge in [-0.1, -0.05) is 23.9 Å². The molecule has 1 saturated heterocycles. The number of rotatable bonds is 7. The molecule has 3 aliphatic rings. The van der Waals surface area contributed by atoms with Crippen molar-refractivity contribution in [3.8, 4) is 0 Å². The van der Waals surface area contributed by atoms with Gasteiger partial charge in [0.2, 0.25) is 5.91 Å². The molecule has 8 nitrogen and oxygen atoms in total. The molecule has 0 bridgehead atoms. The zero-order valence-corrected chi connectivity index (χ0v) is 19.6. The van der Waals surface area contributed by atoms with E-state index in [9.17, 15) is 19.2 Å². The van der Waals surface area contributed by atoms with Gasteiger partial charge in [-0.2, -0.15) is 0 Å². The van der Waals surface area contributed by atoms with Crippen molar-refractivity contribution in [1.29, 1.82) is 0 Å². The number of para-hydroxylation sites is 1. The maximum atomic E-state index is 13.1. The third-order valence-electron chi connectivity index (χ3n) is 5.90. The monoisotopic (exact) mass is 486 g/mol. The number of esters is 2. The van der Waals surface area contributed by atoms with Gasteiger partial charge in [0.1, 0.15) is 5.00 Å². The average molecular weight is 487 g/mol. The molecule has 0 unspecified atom stereocenters. The third kappa shape index (κ3) is 3.80. The van der Waals surface area contributed by atoms with Gasteiger partial charge in [-0.05, 0) is 48.8 Å². The Morgan fingerprint density at radius 2 is 2.00 bits per heavy atom. The van der Waals surface area contributed by atoms with Crippen LogP contribution in [0.3, 0.4) is 0 Å². The molecular formula is C23H22N2O6S2. The van der Waals surface area contributed by atoms with Crippen molar-refractivity contribution in [2.24, 2.45) is 0 Å². The summed E-state index contributed by atoms with van der Waals surface area (Å²) in [5.74, 6) is -1.47. The van der Waals surface area contributed by atoms with Crippen molar-refractivity contribution in [2.75, 3.05) is 23.4 Å². The highest BCUT2D eigenvalue weighted by atomic mass is 32.2. The smallest absolute Gasteiger partial charge is 0.344 e. The van der Waals surface area contributed by atoms with Crippen LogP contribution in [-0.4, -0.2) is 41.8 Å². The minimum Gasteiger partial charge on any atom is -0.462 e. The second kappa shape index (κ2) is 8.49. The minimum atomic E-state index is -1.18.